The number of aliphatic imine (C=N–C) groups is 1. The molecule has 4 N–H and O–H groups in total. The number of benzene rings is 1. The first-order chi connectivity index (χ1) is 5.24. The molecule has 0 unspecified atom stereocenters. The third-order valence-electron chi connectivity index (χ3n) is 1.42. The van der Waals surface area contributed by atoms with Crippen LogP contribution in [0.2, 0.25) is 0 Å². The first kappa shape index (κ1) is 7.60. The zero-order valence-corrected chi connectivity index (χ0v) is 6.41. The van der Waals surface area contributed by atoms with Gasteiger partial charge in [-0.05, 0) is 12.1 Å². The summed E-state index contributed by atoms with van der Waals surface area (Å²) in [6.45, 7) is 0. The quantitative estimate of drug-likeness (QED) is 0.349. The molecule has 0 amide bonds. The molecule has 1 aromatic rings. The van der Waals surface area contributed by atoms with E-state index < -0.39 is 0 Å². The van der Waals surface area contributed by atoms with E-state index in [0.717, 1.165) is 5.56 Å². The molecule has 0 saturated heterocycles. The highest BCUT2D eigenvalue weighted by Gasteiger charge is 1.95. The molecule has 0 heterocycles. The van der Waals surface area contributed by atoms with Gasteiger partial charge in [-0.3, -0.25) is 4.99 Å². The lowest BCUT2D eigenvalue weighted by Crippen LogP contribution is -2.12. The minimum atomic E-state index is 0.511. The van der Waals surface area contributed by atoms with E-state index in [-0.39, 0.29) is 0 Å². The van der Waals surface area contributed by atoms with Gasteiger partial charge in [0, 0.05) is 18.3 Å². The van der Waals surface area contributed by atoms with Crippen molar-refractivity contribution < 1.29 is 0 Å². The fourth-order valence-electron chi connectivity index (χ4n) is 0.827. The lowest BCUT2D eigenvalue weighted by atomic mass is 10.2. The molecular weight excluding hydrogens is 138 g/mol. The van der Waals surface area contributed by atoms with E-state index in [4.69, 9.17) is 11.5 Å². The molecule has 1 rings (SSSR count). The Hall–Kier alpha value is -1.51. The summed E-state index contributed by atoms with van der Waals surface area (Å²) in [5, 5.41) is 0. The summed E-state index contributed by atoms with van der Waals surface area (Å²) in [7, 11) is 1.65. The number of anilines is 1. The van der Waals surface area contributed by atoms with E-state index in [1.54, 1.807) is 13.1 Å². The lowest BCUT2D eigenvalue weighted by Gasteiger charge is -1.99. The van der Waals surface area contributed by atoms with Gasteiger partial charge in [0.25, 0.3) is 0 Å². The van der Waals surface area contributed by atoms with Gasteiger partial charge in [0.2, 0.25) is 0 Å². The number of nitrogen functional groups attached to an aromatic ring is 1. The first-order valence-electron chi connectivity index (χ1n) is 3.32. The molecule has 0 aromatic heterocycles. The molecule has 0 aliphatic carbocycles. The van der Waals surface area contributed by atoms with Crippen LogP contribution in [0.25, 0.3) is 0 Å². The van der Waals surface area contributed by atoms with E-state index in [9.17, 15) is 0 Å². The molecule has 0 atom stereocenters. The van der Waals surface area contributed by atoms with E-state index in [2.05, 4.69) is 4.99 Å². The van der Waals surface area contributed by atoms with Crippen LogP contribution in [0.5, 0.6) is 0 Å². The van der Waals surface area contributed by atoms with Gasteiger partial charge >= 0.3 is 0 Å². The van der Waals surface area contributed by atoms with Crippen molar-refractivity contribution in [2.24, 2.45) is 10.7 Å². The summed E-state index contributed by atoms with van der Waals surface area (Å²) in [5.74, 6) is 0.511. The molecule has 3 nitrogen and oxygen atoms in total. The van der Waals surface area contributed by atoms with Gasteiger partial charge in [-0.25, -0.2) is 0 Å². The van der Waals surface area contributed by atoms with Gasteiger partial charge in [0.05, 0.1) is 0 Å². The van der Waals surface area contributed by atoms with E-state index in [0.29, 0.717) is 11.5 Å². The molecule has 1 aromatic carbocycles. The summed E-state index contributed by atoms with van der Waals surface area (Å²) in [6.07, 6.45) is 0. The standard InChI is InChI=1S/C8H11N3/c1-11-8(10)6-3-2-4-7(9)5-6/h2-5H,9H2,1H3,(H2,10,11). The smallest absolute Gasteiger partial charge is 0.125 e. The zero-order chi connectivity index (χ0) is 8.27. The molecule has 0 aliphatic heterocycles. The topological polar surface area (TPSA) is 64.4 Å². The van der Waals surface area contributed by atoms with Crippen LogP contribution in [0.1, 0.15) is 5.56 Å². The number of nitrogens with zero attached hydrogens (tertiary/aromatic N) is 1. The molecule has 0 spiro atoms. The monoisotopic (exact) mass is 149 g/mol. The van der Waals surface area contributed by atoms with E-state index >= 15 is 0 Å². The molecule has 0 bridgehead atoms. The Morgan fingerprint density at radius 1 is 1.45 bits per heavy atom. The predicted molar refractivity (Wildman–Crippen MR) is 47.5 cm³/mol. The van der Waals surface area contributed by atoms with Crippen molar-refractivity contribution in [3.8, 4) is 0 Å². The fraction of sp³-hybridized carbons (Fsp3) is 0.125. The van der Waals surface area contributed by atoms with E-state index in [1.807, 2.05) is 18.2 Å². The second kappa shape index (κ2) is 3.05. The van der Waals surface area contributed by atoms with Crippen LogP contribution in [0.3, 0.4) is 0 Å². The first-order valence-corrected chi connectivity index (χ1v) is 3.32. The lowest BCUT2D eigenvalue weighted by molar-refractivity contribution is 1.39. The average Bonchev–Trinajstić information content (AvgIpc) is 2.03. The zero-order valence-electron chi connectivity index (χ0n) is 6.41. The van der Waals surface area contributed by atoms with E-state index in [1.165, 1.54) is 0 Å². The van der Waals surface area contributed by atoms with Gasteiger partial charge in [-0.15, -0.1) is 0 Å². The van der Waals surface area contributed by atoms with Crippen LogP contribution in [-0.2, 0) is 0 Å². The summed E-state index contributed by atoms with van der Waals surface area (Å²) in [5.41, 5.74) is 12.7. The Morgan fingerprint density at radius 2 is 2.18 bits per heavy atom. The number of amidine groups is 1. The van der Waals surface area contributed by atoms with Crippen LogP contribution >= 0.6 is 0 Å². The minimum absolute atomic E-state index is 0.511. The minimum Gasteiger partial charge on any atom is -0.399 e. The summed E-state index contributed by atoms with van der Waals surface area (Å²) < 4.78 is 0. The highest BCUT2D eigenvalue weighted by Crippen LogP contribution is 2.05. The van der Waals surface area contributed by atoms with Gasteiger partial charge in [0.15, 0.2) is 0 Å². The largest absolute Gasteiger partial charge is 0.399 e. The maximum atomic E-state index is 5.56. The molecule has 58 valence electrons. The van der Waals surface area contributed by atoms with Crippen molar-refractivity contribution in [1.82, 2.24) is 0 Å². The normalized spacial score (nSPS) is 11.5. The average molecular weight is 149 g/mol. The van der Waals surface area contributed by atoms with Gasteiger partial charge in [-0.1, -0.05) is 12.1 Å². The number of nitrogens with two attached hydrogens (primary N) is 2. The maximum Gasteiger partial charge on any atom is 0.125 e. The summed E-state index contributed by atoms with van der Waals surface area (Å²) in [6, 6.07) is 7.33. The van der Waals surface area contributed by atoms with Crippen LogP contribution in [0.4, 0.5) is 5.69 Å². The molecule has 11 heavy (non-hydrogen) atoms. The highest BCUT2D eigenvalue weighted by atomic mass is 14.8. The van der Waals surface area contributed by atoms with Gasteiger partial charge in [-0.2, -0.15) is 0 Å². The molecule has 3 heteroatoms. The van der Waals surface area contributed by atoms with Gasteiger partial charge < -0.3 is 11.5 Å². The Labute approximate surface area is 65.7 Å². The van der Waals surface area contributed by atoms with Crippen molar-refractivity contribution in [2.75, 3.05) is 12.8 Å². The van der Waals surface area contributed by atoms with Crippen LogP contribution < -0.4 is 11.5 Å². The second-order valence-electron chi connectivity index (χ2n) is 2.23. The van der Waals surface area contributed by atoms with Crippen molar-refractivity contribution in [3.05, 3.63) is 29.8 Å². The van der Waals surface area contributed by atoms with Crippen molar-refractivity contribution in [2.45, 2.75) is 0 Å². The molecule has 0 aliphatic rings. The molecule has 0 fully saturated rings. The fourth-order valence-corrected chi connectivity index (χ4v) is 0.827. The van der Waals surface area contributed by atoms with Crippen LogP contribution in [0.15, 0.2) is 29.3 Å². The number of rotatable bonds is 1. The molecular formula is C8H11N3. The van der Waals surface area contributed by atoms with Crippen molar-refractivity contribution in [3.63, 3.8) is 0 Å². The third kappa shape index (κ3) is 1.70. The number of hydrogen-bond acceptors (Lipinski definition) is 2. The Kier molecular flexibility index (Phi) is 2.11. The maximum absolute atomic E-state index is 5.56. The third-order valence-corrected chi connectivity index (χ3v) is 1.42. The Balaban J connectivity index is 3.06. The second-order valence-corrected chi connectivity index (χ2v) is 2.23. The van der Waals surface area contributed by atoms with Crippen molar-refractivity contribution >= 4 is 11.5 Å². The van der Waals surface area contributed by atoms with Crippen molar-refractivity contribution in [1.29, 1.82) is 0 Å². The molecule has 0 radical (unpaired) electrons. The van der Waals surface area contributed by atoms with Gasteiger partial charge in [0.1, 0.15) is 5.84 Å². The molecule has 0 saturated carbocycles. The number of hydrogen-bond donors (Lipinski definition) is 2. The Bertz CT molecular complexity index is 278. The SMILES string of the molecule is CN=C(N)c1cccc(N)c1. The Morgan fingerprint density at radius 3 is 2.73 bits per heavy atom. The predicted octanol–water partition coefficient (Wildman–Crippen LogP) is 0.604. The highest BCUT2D eigenvalue weighted by molar-refractivity contribution is 5.98. The summed E-state index contributed by atoms with van der Waals surface area (Å²) in [4.78, 5) is 3.84. The summed E-state index contributed by atoms with van der Waals surface area (Å²) >= 11 is 0. The van der Waals surface area contributed by atoms with Crippen LogP contribution in [-0.4, -0.2) is 12.9 Å². The van der Waals surface area contributed by atoms with Crippen LogP contribution in [0, 0.1) is 0 Å².